The van der Waals surface area contributed by atoms with E-state index in [2.05, 4.69) is 5.32 Å². The summed E-state index contributed by atoms with van der Waals surface area (Å²) in [4.78, 5) is 26.8. The molecule has 0 spiro atoms. The fourth-order valence-corrected chi connectivity index (χ4v) is 5.39. The van der Waals surface area contributed by atoms with Crippen LogP contribution in [0, 0.1) is 0 Å². The van der Waals surface area contributed by atoms with Crippen molar-refractivity contribution in [2.45, 2.75) is 19.0 Å². The zero-order valence-corrected chi connectivity index (χ0v) is 17.3. The number of amides is 2. The Kier molecular flexibility index (Phi) is 5.76. The molecule has 2 heterocycles. The Bertz CT molecular complexity index is 970. The minimum atomic E-state index is -3.28. The van der Waals surface area contributed by atoms with Crippen molar-refractivity contribution in [2.24, 2.45) is 0 Å². The quantitative estimate of drug-likeness (QED) is 0.569. The van der Waals surface area contributed by atoms with Gasteiger partial charge < -0.3 is 5.32 Å². The predicted molar refractivity (Wildman–Crippen MR) is 111 cm³/mol. The minimum absolute atomic E-state index is 0.180. The molecule has 10 heteroatoms. The first-order valence-corrected chi connectivity index (χ1v) is 11.2. The van der Waals surface area contributed by atoms with Crippen molar-refractivity contribution < 1.29 is 18.0 Å². The first-order chi connectivity index (χ1) is 12.7. The Morgan fingerprint density at radius 2 is 2.07 bits per heavy atom. The van der Waals surface area contributed by atoms with Crippen LogP contribution in [-0.2, 0) is 19.4 Å². The predicted octanol–water partition coefficient (Wildman–Crippen LogP) is 2.36. The number of thioether (sulfide) groups is 1. The standard InChI is InChI=1S/C17H15ClN2O4S3/c1-10(15(21)19-13-6-7-27(23,24)9-13)20-16(22)14(26-17(20)25)8-11-2-4-12(18)5-3-11/h2-8,10,13H,9H2,1H3,(H,19,21)/b14-8-/t10-,13+/m1/s1. The van der Waals surface area contributed by atoms with E-state index >= 15 is 0 Å². The van der Waals surface area contributed by atoms with Gasteiger partial charge >= 0.3 is 0 Å². The summed E-state index contributed by atoms with van der Waals surface area (Å²) in [5.74, 6) is -1.01. The van der Waals surface area contributed by atoms with Gasteiger partial charge in [-0.25, -0.2) is 8.42 Å². The summed E-state index contributed by atoms with van der Waals surface area (Å²) < 4.78 is 23.2. The van der Waals surface area contributed by atoms with Crippen LogP contribution in [0.5, 0.6) is 0 Å². The van der Waals surface area contributed by atoms with Crippen LogP contribution in [-0.4, -0.2) is 47.3 Å². The van der Waals surface area contributed by atoms with E-state index in [9.17, 15) is 18.0 Å². The molecule has 1 saturated heterocycles. The second kappa shape index (κ2) is 7.75. The van der Waals surface area contributed by atoms with Crippen LogP contribution in [0.4, 0.5) is 0 Å². The Hall–Kier alpha value is -1.68. The van der Waals surface area contributed by atoms with E-state index in [1.54, 1.807) is 37.3 Å². The Morgan fingerprint density at radius 1 is 1.41 bits per heavy atom. The topological polar surface area (TPSA) is 83.6 Å². The monoisotopic (exact) mass is 442 g/mol. The first kappa shape index (κ1) is 20.1. The average molecular weight is 443 g/mol. The first-order valence-electron chi connectivity index (χ1n) is 7.90. The molecule has 27 heavy (non-hydrogen) atoms. The summed E-state index contributed by atoms with van der Waals surface area (Å²) in [5, 5.41) is 4.29. The maximum Gasteiger partial charge on any atom is 0.266 e. The Balaban J connectivity index is 1.71. The molecule has 1 N–H and O–H groups in total. The van der Waals surface area contributed by atoms with Crippen LogP contribution in [0.2, 0.25) is 5.02 Å². The van der Waals surface area contributed by atoms with Gasteiger partial charge in [0.25, 0.3) is 5.91 Å². The normalized spacial score (nSPS) is 23.9. The zero-order chi connectivity index (χ0) is 19.8. The third kappa shape index (κ3) is 4.60. The van der Waals surface area contributed by atoms with Crippen molar-refractivity contribution >= 4 is 67.6 Å². The van der Waals surface area contributed by atoms with Gasteiger partial charge in [0.05, 0.1) is 16.7 Å². The number of halogens is 1. The largest absolute Gasteiger partial charge is 0.347 e. The molecule has 1 aromatic carbocycles. The molecule has 0 bridgehead atoms. The number of benzene rings is 1. The van der Waals surface area contributed by atoms with Crippen LogP contribution in [0.15, 0.2) is 40.7 Å². The molecule has 1 fully saturated rings. The van der Waals surface area contributed by atoms with Gasteiger partial charge in [-0.2, -0.15) is 0 Å². The highest BCUT2D eigenvalue weighted by molar-refractivity contribution is 8.26. The van der Waals surface area contributed by atoms with Gasteiger partial charge in [-0.1, -0.05) is 47.7 Å². The zero-order valence-electron chi connectivity index (χ0n) is 14.1. The molecule has 2 aliphatic heterocycles. The number of sulfone groups is 1. The van der Waals surface area contributed by atoms with Crippen LogP contribution in [0.3, 0.4) is 0 Å². The van der Waals surface area contributed by atoms with Gasteiger partial charge in [-0.15, -0.1) is 0 Å². The number of carbonyl (C=O) groups is 2. The molecular weight excluding hydrogens is 428 g/mol. The van der Waals surface area contributed by atoms with Crippen molar-refractivity contribution in [2.75, 3.05) is 5.75 Å². The molecule has 0 radical (unpaired) electrons. The fourth-order valence-electron chi connectivity index (χ4n) is 2.61. The van der Waals surface area contributed by atoms with Gasteiger partial charge in [0, 0.05) is 10.4 Å². The van der Waals surface area contributed by atoms with Gasteiger partial charge in [0.1, 0.15) is 10.4 Å². The van der Waals surface area contributed by atoms with Crippen molar-refractivity contribution in [3.63, 3.8) is 0 Å². The number of hydrogen-bond donors (Lipinski definition) is 1. The number of thiocarbonyl (C=S) groups is 1. The summed E-state index contributed by atoms with van der Waals surface area (Å²) >= 11 is 12.2. The van der Waals surface area contributed by atoms with Crippen molar-refractivity contribution in [1.29, 1.82) is 0 Å². The fraction of sp³-hybridized carbons (Fsp3) is 0.235. The molecule has 0 aromatic heterocycles. The lowest BCUT2D eigenvalue weighted by molar-refractivity contribution is -0.132. The lowest BCUT2D eigenvalue weighted by Gasteiger charge is -2.23. The SMILES string of the molecule is C[C@H](C(=O)N[C@H]1C=CS(=O)(=O)C1)N1C(=O)/C(=C/c2ccc(Cl)cc2)SC1=S. The Morgan fingerprint density at radius 3 is 2.67 bits per heavy atom. The molecule has 2 atom stereocenters. The molecule has 0 aliphatic carbocycles. The van der Waals surface area contributed by atoms with Gasteiger partial charge in [-0.05, 0) is 36.8 Å². The molecule has 142 valence electrons. The lowest BCUT2D eigenvalue weighted by atomic mass is 10.2. The summed E-state index contributed by atoms with van der Waals surface area (Å²) in [6.07, 6.45) is 3.11. The molecule has 3 rings (SSSR count). The summed E-state index contributed by atoms with van der Waals surface area (Å²) in [5.41, 5.74) is 0.790. The number of rotatable bonds is 4. The molecule has 0 saturated carbocycles. The smallest absolute Gasteiger partial charge is 0.266 e. The van der Waals surface area contributed by atoms with Crippen LogP contribution in [0.1, 0.15) is 12.5 Å². The number of nitrogens with zero attached hydrogens (tertiary/aromatic N) is 1. The third-order valence-corrected chi connectivity index (χ3v) is 6.99. The van der Waals surface area contributed by atoms with Crippen LogP contribution in [0.25, 0.3) is 6.08 Å². The molecule has 2 aliphatic rings. The number of hydrogen-bond acceptors (Lipinski definition) is 6. The van der Waals surface area contributed by atoms with E-state index in [0.29, 0.717) is 9.93 Å². The average Bonchev–Trinajstić information content (AvgIpc) is 3.07. The van der Waals surface area contributed by atoms with E-state index in [-0.39, 0.29) is 16.0 Å². The van der Waals surface area contributed by atoms with Crippen molar-refractivity contribution in [3.8, 4) is 0 Å². The van der Waals surface area contributed by atoms with Gasteiger partial charge in [0.15, 0.2) is 9.84 Å². The second-order valence-electron chi connectivity index (χ2n) is 6.05. The lowest BCUT2D eigenvalue weighted by Crippen LogP contribution is -2.49. The van der Waals surface area contributed by atoms with Crippen LogP contribution < -0.4 is 5.32 Å². The van der Waals surface area contributed by atoms with Crippen LogP contribution >= 0.6 is 35.6 Å². The van der Waals surface area contributed by atoms with E-state index in [1.807, 2.05) is 0 Å². The van der Waals surface area contributed by atoms with E-state index in [4.69, 9.17) is 23.8 Å². The molecule has 6 nitrogen and oxygen atoms in total. The van der Waals surface area contributed by atoms with Crippen molar-refractivity contribution in [3.05, 3.63) is 51.2 Å². The highest BCUT2D eigenvalue weighted by atomic mass is 35.5. The van der Waals surface area contributed by atoms with E-state index < -0.39 is 27.8 Å². The number of carbonyl (C=O) groups excluding carboxylic acids is 2. The molecular formula is C17H15ClN2O4S3. The van der Waals surface area contributed by atoms with E-state index in [1.165, 1.54) is 11.0 Å². The maximum atomic E-state index is 12.7. The highest BCUT2D eigenvalue weighted by Crippen LogP contribution is 2.34. The molecule has 0 unspecified atom stereocenters. The van der Waals surface area contributed by atoms with E-state index in [0.717, 1.165) is 22.7 Å². The minimum Gasteiger partial charge on any atom is -0.347 e. The summed E-state index contributed by atoms with van der Waals surface area (Å²) in [6, 6.07) is 5.52. The highest BCUT2D eigenvalue weighted by Gasteiger charge is 2.39. The molecule has 1 aromatic rings. The Labute approximate surface area is 171 Å². The second-order valence-corrected chi connectivity index (χ2v) is 10.1. The maximum absolute atomic E-state index is 12.7. The van der Waals surface area contributed by atoms with Gasteiger partial charge in [0.2, 0.25) is 5.91 Å². The third-order valence-electron chi connectivity index (χ3n) is 4.02. The summed E-state index contributed by atoms with van der Waals surface area (Å²) in [7, 11) is -3.28. The van der Waals surface area contributed by atoms with Crippen molar-refractivity contribution in [1.82, 2.24) is 10.2 Å². The van der Waals surface area contributed by atoms with Gasteiger partial charge in [-0.3, -0.25) is 14.5 Å². The summed E-state index contributed by atoms with van der Waals surface area (Å²) in [6.45, 7) is 1.55. The number of nitrogens with one attached hydrogen (secondary N) is 1. The molecule has 2 amide bonds.